The number of rotatable bonds is 9. The largest absolute Gasteiger partial charge is 0.380 e. The SMILES string of the molecule is CCCNC(Cc1ccccc1)C(CCC)OC. The summed E-state index contributed by atoms with van der Waals surface area (Å²) in [6.07, 6.45) is 4.79. The van der Waals surface area contributed by atoms with Crippen LogP contribution in [0.15, 0.2) is 30.3 Å². The molecular formula is C16H27NO. The van der Waals surface area contributed by atoms with Crippen molar-refractivity contribution < 1.29 is 4.74 Å². The van der Waals surface area contributed by atoms with Gasteiger partial charge in [-0.05, 0) is 31.4 Å². The van der Waals surface area contributed by atoms with Gasteiger partial charge in [-0.2, -0.15) is 0 Å². The van der Waals surface area contributed by atoms with Gasteiger partial charge in [0.15, 0.2) is 0 Å². The average Bonchev–Trinajstić information content (AvgIpc) is 2.42. The van der Waals surface area contributed by atoms with Crippen molar-refractivity contribution in [1.29, 1.82) is 0 Å². The minimum absolute atomic E-state index is 0.307. The van der Waals surface area contributed by atoms with Gasteiger partial charge in [0.05, 0.1) is 6.10 Å². The standard InChI is InChI=1S/C16H27NO/c1-4-9-16(18-3)15(17-12-5-2)13-14-10-7-6-8-11-14/h6-8,10-11,15-17H,4-5,9,12-13H2,1-3H3. The van der Waals surface area contributed by atoms with Gasteiger partial charge in [0.25, 0.3) is 0 Å². The smallest absolute Gasteiger partial charge is 0.0727 e. The third kappa shape index (κ3) is 5.19. The van der Waals surface area contributed by atoms with E-state index in [0.29, 0.717) is 12.1 Å². The van der Waals surface area contributed by atoms with Gasteiger partial charge in [0, 0.05) is 13.2 Å². The first-order chi connectivity index (χ1) is 8.81. The van der Waals surface area contributed by atoms with Crippen LogP contribution in [0.2, 0.25) is 0 Å². The lowest BCUT2D eigenvalue weighted by molar-refractivity contribution is 0.0609. The van der Waals surface area contributed by atoms with Gasteiger partial charge in [-0.1, -0.05) is 50.6 Å². The van der Waals surface area contributed by atoms with Crippen LogP contribution in [0.5, 0.6) is 0 Å². The third-order valence-electron chi connectivity index (χ3n) is 3.28. The summed E-state index contributed by atoms with van der Waals surface area (Å²) in [5.74, 6) is 0. The number of hydrogen-bond acceptors (Lipinski definition) is 2. The number of ether oxygens (including phenoxy) is 1. The Labute approximate surface area is 112 Å². The van der Waals surface area contributed by atoms with E-state index in [1.165, 1.54) is 5.56 Å². The van der Waals surface area contributed by atoms with E-state index in [9.17, 15) is 0 Å². The number of benzene rings is 1. The molecule has 0 spiro atoms. The summed E-state index contributed by atoms with van der Waals surface area (Å²) in [7, 11) is 1.83. The van der Waals surface area contributed by atoms with Crippen molar-refractivity contribution in [3.05, 3.63) is 35.9 Å². The molecule has 0 aliphatic carbocycles. The monoisotopic (exact) mass is 249 g/mol. The molecule has 2 atom stereocenters. The molecule has 0 heterocycles. The van der Waals surface area contributed by atoms with E-state index < -0.39 is 0 Å². The maximum atomic E-state index is 5.66. The molecule has 0 amide bonds. The van der Waals surface area contributed by atoms with Gasteiger partial charge in [0.2, 0.25) is 0 Å². The zero-order valence-corrected chi connectivity index (χ0v) is 12.0. The lowest BCUT2D eigenvalue weighted by Gasteiger charge is -2.27. The molecule has 1 aromatic carbocycles. The van der Waals surface area contributed by atoms with Crippen LogP contribution in [0, 0.1) is 0 Å². The van der Waals surface area contributed by atoms with Crippen LogP contribution >= 0.6 is 0 Å². The maximum Gasteiger partial charge on any atom is 0.0727 e. The molecule has 0 fully saturated rings. The Balaban J connectivity index is 2.64. The van der Waals surface area contributed by atoms with Gasteiger partial charge in [-0.25, -0.2) is 0 Å². The Kier molecular flexibility index (Phi) is 7.70. The molecule has 0 bridgehead atoms. The van der Waals surface area contributed by atoms with Gasteiger partial charge in [-0.15, -0.1) is 0 Å². The van der Waals surface area contributed by atoms with Crippen molar-refractivity contribution >= 4 is 0 Å². The minimum atomic E-state index is 0.307. The molecule has 1 rings (SSSR count). The van der Waals surface area contributed by atoms with E-state index in [0.717, 1.165) is 32.2 Å². The van der Waals surface area contributed by atoms with Crippen LogP contribution in [-0.2, 0) is 11.2 Å². The topological polar surface area (TPSA) is 21.3 Å². The van der Waals surface area contributed by atoms with E-state index in [4.69, 9.17) is 4.74 Å². The zero-order chi connectivity index (χ0) is 13.2. The molecule has 102 valence electrons. The van der Waals surface area contributed by atoms with Crippen molar-refractivity contribution in [1.82, 2.24) is 5.32 Å². The van der Waals surface area contributed by atoms with Crippen LogP contribution in [0.3, 0.4) is 0 Å². The molecule has 2 unspecified atom stereocenters. The Morgan fingerprint density at radius 2 is 1.83 bits per heavy atom. The number of hydrogen-bond donors (Lipinski definition) is 1. The Morgan fingerprint density at radius 1 is 1.11 bits per heavy atom. The molecule has 0 saturated heterocycles. The van der Waals surface area contributed by atoms with E-state index in [2.05, 4.69) is 49.5 Å². The fraction of sp³-hybridized carbons (Fsp3) is 0.625. The summed E-state index contributed by atoms with van der Waals surface area (Å²) in [4.78, 5) is 0. The van der Waals surface area contributed by atoms with E-state index in [1.807, 2.05) is 7.11 Å². The van der Waals surface area contributed by atoms with Crippen LogP contribution in [-0.4, -0.2) is 25.8 Å². The predicted octanol–water partition coefficient (Wildman–Crippen LogP) is 3.41. The highest BCUT2D eigenvalue weighted by molar-refractivity contribution is 5.16. The highest BCUT2D eigenvalue weighted by atomic mass is 16.5. The summed E-state index contributed by atoms with van der Waals surface area (Å²) in [6, 6.07) is 11.1. The first-order valence-corrected chi connectivity index (χ1v) is 7.11. The van der Waals surface area contributed by atoms with Crippen LogP contribution < -0.4 is 5.32 Å². The number of nitrogens with one attached hydrogen (secondary N) is 1. The molecule has 0 saturated carbocycles. The highest BCUT2D eigenvalue weighted by Gasteiger charge is 2.19. The fourth-order valence-electron chi connectivity index (χ4n) is 2.30. The van der Waals surface area contributed by atoms with Crippen molar-refractivity contribution in [2.45, 2.75) is 51.7 Å². The van der Waals surface area contributed by atoms with Crippen molar-refractivity contribution in [3.8, 4) is 0 Å². The summed E-state index contributed by atoms with van der Waals surface area (Å²) in [5, 5.41) is 3.63. The molecule has 0 radical (unpaired) electrons. The summed E-state index contributed by atoms with van der Waals surface area (Å²) >= 11 is 0. The minimum Gasteiger partial charge on any atom is -0.380 e. The Hall–Kier alpha value is -0.860. The van der Waals surface area contributed by atoms with Crippen molar-refractivity contribution in [3.63, 3.8) is 0 Å². The van der Waals surface area contributed by atoms with E-state index >= 15 is 0 Å². The van der Waals surface area contributed by atoms with Crippen LogP contribution in [0.1, 0.15) is 38.7 Å². The molecule has 0 aliphatic rings. The van der Waals surface area contributed by atoms with Gasteiger partial charge in [-0.3, -0.25) is 0 Å². The first-order valence-electron chi connectivity index (χ1n) is 7.11. The van der Waals surface area contributed by atoms with E-state index in [1.54, 1.807) is 0 Å². The first kappa shape index (κ1) is 15.2. The van der Waals surface area contributed by atoms with Crippen molar-refractivity contribution in [2.24, 2.45) is 0 Å². The second-order valence-corrected chi connectivity index (χ2v) is 4.81. The maximum absolute atomic E-state index is 5.66. The summed E-state index contributed by atoms with van der Waals surface area (Å²) in [6.45, 7) is 5.47. The van der Waals surface area contributed by atoms with Gasteiger partial charge < -0.3 is 10.1 Å². The zero-order valence-electron chi connectivity index (χ0n) is 12.0. The quantitative estimate of drug-likeness (QED) is 0.724. The second kappa shape index (κ2) is 9.12. The van der Waals surface area contributed by atoms with Crippen molar-refractivity contribution in [2.75, 3.05) is 13.7 Å². The molecule has 2 heteroatoms. The molecule has 18 heavy (non-hydrogen) atoms. The predicted molar refractivity (Wildman–Crippen MR) is 77.9 cm³/mol. The summed E-state index contributed by atoms with van der Waals surface area (Å²) in [5.41, 5.74) is 1.38. The lowest BCUT2D eigenvalue weighted by Crippen LogP contribution is -2.43. The Bertz CT molecular complexity index is 299. The van der Waals surface area contributed by atoms with E-state index in [-0.39, 0.29) is 0 Å². The van der Waals surface area contributed by atoms with Crippen LogP contribution in [0.25, 0.3) is 0 Å². The Morgan fingerprint density at radius 3 is 2.39 bits per heavy atom. The number of methoxy groups -OCH3 is 1. The molecule has 1 aromatic rings. The molecule has 0 aromatic heterocycles. The second-order valence-electron chi connectivity index (χ2n) is 4.81. The highest BCUT2D eigenvalue weighted by Crippen LogP contribution is 2.12. The molecule has 2 nitrogen and oxygen atoms in total. The molecular weight excluding hydrogens is 222 g/mol. The third-order valence-corrected chi connectivity index (χ3v) is 3.28. The van der Waals surface area contributed by atoms with Gasteiger partial charge in [0.1, 0.15) is 0 Å². The fourth-order valence-corrected chi connectivity index (χ4v) is 2.30. The summed E-state index contributed by atoms with van der Waals surface area (Å²) < 4.78 is 5.66. The normalized spacial score (nSPS) is 14.4. The van der Waals surface area contributed by atoms with Crippen LogP contribution in [0.4, 0.5) is 0 Å². The van der Waals surface area contributed by atoms with Gasteiger partial charge >= 0.3 is 0 Å². The lowest BCUT2D eigenvalue weighted by atomic mass is 9.98. The molecule has 0 aliphatic heterocycles. The molecule has 1 N–H and O–H groups in total. The average molecular weight is 249 g/mol.